The van der Waals surface area contributed by atoms with Crippen molar-refractivity contribution in [3.8, 4) is 0 Å². The molecule has 3 aromatic rings. The number of piperazine rings is 1. The zero-order valence-corrected chi connectivity index (χ0v) is 17.2. The van der Waals surface area contributed by atoms with Crippen LogP contribution in [-0.4, -0.2) is 73.1 Å². The van der Waals surface area contributed by atoms with Crippen molar-refractivity contribution in [3.05, 3.63) is 24.2 Å². The number of carbonyl (C=O) groups excluding carboxylic acids is 2. The third kappa shape index (κ3) is 4.94. The monoisotopic (exact) mass is 427 g/mol. The van der Waals surface area contributed by atoms with Gasteiger partial charge in [-0.1, -0.05) is 13.3 Å². The normalized spacial score (nSPS) is 15.1. The van der Waals surface area contributed by atoms with Crippen LogP contribution in [0.2, 0.25) is 0 Å². The van der Waals surface area contributed by atoms with Crippen LogP contribution in [0.3, 0.4) is 0 Å². The van der Waals surface area contributed by atoms with E-state index in [2.05, 4.69) is 51.1 Å². The molecule has 0 aliphatic carbocycles. The standard InChI is InChI=1S/C18H25N11O2/c1-2-3-4-12(30)23-15(14-22-11-9-20-10-21-13(11)24-14)25-17(31)16-26-18(28-27-16)29-7-5-19-6-8-29/h9-10,15,19H,2-8H2,1H3,(H,23,30)(H,25,31)(H,26,27,28)(H,20,21,22,24). The van der Waals surface area contributed by atoms with Crippen LogP contribution in [-0.2, 0) is 4.79 Å². The van der Waals surface area contributed by atoms with Gasteiger partial charge in [-0.05, 0) is 6.42 Å². The molecule has 1 aliphatic rings. The van der Waals surface area contributed by atoms with Crippen LogP contribution in [0.4, 0.5) is 5.95 Å². The van der Waals surface area contributed by atoms with Crippen molar-refractivity contribution in [2.75, 3.05) is 31.1 Å². The van der Waals surface area contributed by atoms with Gasteiger partial charge in [0.25, 0.3) is 5.91 Å². The van der Waals surface area contributed by atoms with E-state index in [0.717, 1.165) is 39.0 Å². The van der Waals surface area contributed by atoms with Crippen LogP contribution in [0, 0.1) is 0 Å². The quantitative estimate of drug-likeness (QED) is 0.301. The van der Waals surface area contributed by atoms with Gasteiger partial charge in [0.15, 0.2) is 17.6 Å². The van der Waals surface area contributed by atoms with Crippen molar-refractivity contribution >= 4 is 28.9 Å². The molecule has 164 valence electrons. The van der Waals surface area contributed by atoms with Crippen molar-refractivity contribution in [1.29, 1.82) is 0 Å². The van der Waals surface area contributed by atoms with Crippen LogP contribution < -0.4 is 20.9 Å². The van der Waals surface area contributed by atoms with Gasteiger partial charge >= 0.3 is 0 Å². The molecule has 1 fully saturated rings. The van der Waals surface area contributed by atoms with Gasteiger partial charge in [0.05, 0.1) is 6.20 Å². The maximum atomic E-state index is 12.8. The zero-order chi connectivity index (χ0) is 21.6. The molecule has 4 heterocycles. The molecule has 0 saturated carbocycles. The van der Waals surface area contributed by atoms with Gasteiger partial charge in [-0.2, -0.15) is 4.98 Å². The summed E-state index contributed by atoms with van der Waals surface area (Å²) in [7, 11) is 0. The van der Waals surface area contributed by atoms with E-state index < -0.39 is 12.1 Å². The summed E-state index contributed by atoms with van der Waals surface area (Å²) >= 11 is 0. The fourth-order valence-corrected chi connectivity index (χ4v) is 3.22. The molecule has 0 spiro atoms. The summed E-state index contributed by atoms with van der Waals surface area (Å²) in [6, 6.07) is 0. The molecule has 0 aromatic carbocycles. The number of nitrogens with zero attached hydrogens (tertiary/aromatic N) is 6. The fourth-order valence-electron chi connectivity index (χ4n) is 3.22. The summed E-state index contributed by atoms with van der Waals surface area (Å²) in [5.74, 6) is 0.154. The van der Waals surface area contributed by atoms with E-state index in [0.29, 0.717) is 29.4 Å². The number of aromatic nitrogens is 7. The number of carbonyl (C=O) groups is 2. The second-order valence-corrected chi connectivity index (χ2v) is 7.18. The van der Waals surface area contributed by atoms with E-state index in [9.17, 15) is 9.59 Å². The Hall–Kier alpha value is -3.61. The third-order valence-corrected chi connectivity index (χ3v) is 4.88. The number of aromatic amines is 2. The molecule has 1 aliphatic heterocycles. The van der Waals surface area contributed by atoms with Crippen molar-refractivity contribution in [2.24, 2.45) is 0 Å². The fraction of sp³-hybridized carbons (Fsp3) is 0.500. The van der Waals surface area contributed by atoms with Gasteiger partial charge in [-0.25, -0.2) is 15.0 Å². The molecule has 5 N–H and O–H groups in total. The number of nitrogens with one attached hydrogen (secondary N) is 5. The van der Waals surface area contributed by atoms with E-state index in [-0.39, 0.29) is 11.7 Å². The Morgan fingerprint density at radius 2 is 2.06 bits per heavy atom. The maximum Gasteiger partial charge on any atom is 0.290 e. The van der Waals surface area contributed by atoms with E-state index in [1.54, 1.807) is 6.20 Å². The van der Waals surface area contributed by atoms with Gasteiger partial charge < -0.3 is 25.8 Å². The summed E-state index contributed by atoms with van der Waals surface area (Å²) in [4.78, 5) is 46.9. The molecular formula is C18H25N11O2. The number of hydrogen-bond donors (Lipinski definition) is 5. The first kappa shape index (κ1) is 20.7. The van der Waals surface area contributed by atoms with Crippen molar-refractivity contribution in [3.63, 3.8) is 0 Å². The highest BCUT2D eigenvalue weighted by atomic mass is 16.2. The lowest BCUT2D eigenvalue weighted by molar-refractivity contribution is -0.122. The number of fused-ring (bicyclic) bond motifs is 1. The molecule has 1 saturated heterocycles. The molecule has 13 heteroatoms. The summed E-state index contributed by atoms with van der Waals surface area (Å²) in [6.45, 7) is 5.18. The van der Waals surface area contributed by atoms with Crippen molar-refractivity contribution in [2.45, 2.75) is 32.4 Å². The van der Waals surface area contributed by atoms with Crippen LogP contribution in [0.1, 0.15) is 48.8 Å². The predicted octanol–water partition coefficient (Wildman–Crippen LogP) is -0.384. The average Bonchev–Trinajstić information content (AvgIpc) is 3.45. The molecule has 4 rings (SSSR count). The van der Waals surface area contributed by atoms with Gasteiger partial charge in [0.1, 0.15) is 11.8 Å². The Morgan fingerprint density at radius 1 is 1.23 bits per heavy atom. The van der Waals surface area contributed by atoms with Gasteiger partial charge in [-0.15, -0.1) is 5.10 Å². The molecule has 0 radical (unpaired) electrons. The lowest BCUT2D eigenvalue weighted by atomic mass is 10.2. The largest absolute Gasteiger partial charge is 0.337 e. The summed E-state index contributed by atoms with van der Waals surface area (Å²) in [5, 5.41) is 15.6. The molecule has 2 amide bonds. The van der Waals surface area contributed by atoms with Crippen molar-refractivity contribution in [1.82, 2.24) is 51.1 Å². The highest BCUT2D eigenvalue weighted by Crippen LogP contribution is 2.14. The molecular weight excluding hydrogens is 402 g/mol. The lowest BCUT2D eigenvalue weighted by Gasteiger charge is -2.25. The molecule has 1 atom stereocenters. The number of H-pyrrole nitrogens is 2. The van der Waals surface area contributed by atoms with Crippen molar-refractivity contribution < 1.29 is 9.59 Å². The van der Waals surface area contributed by atoms with Gasteiger partial charge in [-0.3, -0.25) is 14.7 Å². The minimum atomic E-state index is -0.890. The van der Waals surface area contributed by atoms with Crippen LogP contribution in [0.5, 0.6) is 0 Å². The zero-order valence-electron chi connectivity index (χ0n) is 17.2. The number of rotatable bonds is 8. The number of imidazole rings is 1. The first-order valence-electron chi connectivity index (χ1n) is 10.3. The summed E-state index contributed by atoms with van der Waals surface area (Å²) in [5.41, 5.74) is 1.04. The number of hydrogen-bond acceptors (Lipinski definition) is 9. The summed E-state index contributed by atoms with van der Waals surface area (Å²) in [6.07, 6.45) is 4.04. The summed E-state index contributed by atoms with van der Waals surface area (Å²) < 4.78 is 0. The predicted molar refractivity (Wildman–Crippen MR) is 111 cm³/mol. The lowest BCUT2D eigenvalue weighted by Crippen LogP contribution is -2.44. The van der Waals surface area contributed by atoms with E-state index in [1.807, 2.05) is 11.8 Å². The first-order valence-corrected chi connectivity index (χ1v) is 10.3. The minimum absolute atomic E-state index is 0.0530. The van der Waals surface area contributed by atoms with E-state index >= 15 is 0 Å². The molecule has 1 unspecified atom stereocenters. The van der Waals surface area contributed by atoms with Gasteiger partial charge in [0, 0.05) is 32.6 Å². The van der Waals surface area contributed by atoms with Gasteiger partial charge in [0.2, 0.25) is 17.7 Å². The Balaban J connectivity index is 1.51. The Kier molecular flexibility index (Phi) is 6.31. The third-order valence-electron chi connectivity index (χ3n) is 4.88. The number of unbranched alkanes of at least 4 members (excludes halogenated alkanes) is 1. The SMILES string of the molecule is CCCCC(=O)NC(NC(=O)c1nc(N2CCNCC2)n[nH]1)c1nc2ncncc2[nH]1. The average molecular weight is 427 g/mol. The topological polar surface area (TPSA) is 169 Å². The van der Waals surface area contributed by atoms with E-state index in [1.165, 1.54) is 6.33 Å². The molecule has 0 bridgehead atoms. The highest BCUT2D eigenvalue weighted by molar-refractivity contribution is 5.91. The maximum absolute atomic E-state index is 12.8. The number of anilines is 1. The molecule has 31 heavy (non-hydrogen) atoms. The van der Waals surface area contributed by atoms with Crippen LogP contribution in [0.15, 0.2) is 12.5 Å². The smallest absolute Gasteiger partial charge is 0.290 e. The highest BCUT2D eigenvalue weighted by Gasteiger charge is 2.24. The Morgan fingerprint density at radius 3 is 2.84 bits per heavy atom. The second kappa shape index (κ2) is 9.47. The molecule has 13 nitrogen and oxygen atoms in total. The van der Waals surface area contributed by atoms with Crippen LogP contribution in [0.25, 0.3) is 11.2 Å². The molecule has 3 aromatic heterocycles. The van der Waals surface area contributed by atoms with Crippen LogP contribution >= 0.6 is 0 Å². The first-order chi connectivity index (χ1) is 15.1. The second-order valence-electron chi connectivity index (χ2n) is 7.18. The Labute approximate surface area is 177 Å². The minimum Gasteiger partial charge on any atom is -0.337 e. The Bertz CT molecular complexity index is 1010. The van der Waals surface area contributed by atoms with E-state index in [4.69, 9.17) is 0 Å². The number of amides is 2.